The van der Waals surface area contributed by atoms with Crippen LogP contribution in [0.15, 0.2) is 36.9 Å². The van der Waals surface area contributed by atoms with E-state index in [1.807, 2.05) is 6.08 Å². The van der Waals surface area contributed by atoms with E-state index in [0.29, 0.717) is 0 Å². The smallest absolute Gasteiger partial charge is 0.122 e. The first-order chi connectivity index (χ1) is 13.3. The molecular formula is C26H44O. The van der Waals surface area contributed by atoms with E-state index in [1.165, 1.54) is 89.0 Å². The van der Waals surface area contributed by atoms with E-state index < -0.39 is 0 Å². The lowest BCUT2D eigenvalue weighted by Gasteiger charge is -2.12. The lowest BCUT2D eigenvalue weighted by molar-refractivity contribution is 0.301. The molecule has 0 aromatic heterocycles. The van der Waals surface area contributed by atoms with Gasteiger partial charge in [-0.3, -0.25) is 0 Å². The molecule has 0 aliphatic carbocycles. The predicted octanol–water partition coefficient (Wildman–Crippen LogP) is 8.52. The standard InChI is InChI=1S/C26H44O/c1-4-6-7-8-9-10-11-12-18-23-27-26-22-17-16-21-25(26)20-15-13-14-19-24(3)5-2/h4,16-17,21-22,24H,1,5-15,18-20,23H2,2-3H3. The summed E-state index contributed by atoms with van der Waals surface area (Å²) in [5, 5.41) is 0. The highest BCUT2D eigenvalue weighted by Crippen LogP contribution is 2.22. The summed E-state index contributed by atoms with van der Waals surface area (Å²) < 4.78 is 6.10. The minimum atomic E-state index is 0.863. The van der Waals surface area contributed by atoms with Crippen molar-refractivity contribution in [1.82, 2.24) is 0 Å². The van der Waals surface area contributed by atoms with Gasteiger partial charge in [0.1, 0.15) is 5.75 Å². The molecule has 0 saturated carbocycles. The second kappa shape index (κ2) is 16.9. The number of ether oxygens (including phenoxy) is 1. The minimum absolute atomic E-state index is 0.863. The molecule has 1 rings (SSSR count). The normalized spacial score (nSPS) is 12.1. The van der Waals surface area contributed by atoms with Gasteiger partial charge in [0.05, 0.1) is 6.61 Å². The van der Waals surface area contributed by atoms with Crippen LogP contribution in [0.4, 0.5) is 0 Å². The van der Waals surface area contributed by atoms with Crippen molar-refractivity contribution in [2.45, 2.75) is 104 Å². The number of allylic oxidation sites excluding steroid dienone is 1. The molecule has 0 aliphatic rings. The first kappa shape index (κ1) is 23.8. The van der Waals surface area contributed by atoms with Crippen molar-refractivity contribution in [3.63, 3.8) is 0 Å². The van der Waals surface area contributed by atoms with Gasteiger partial charge in [-0.15, -0.1) is 6.58 Å². The summed E-state index contributed by atoms with van der Waals surface area (Å²) >= 11 is 0. The molecule has 0 amide bonds. The number of rotatable bonds is 18. The highest BCUT2D eigenvalue weighted by Gasteiger charge is 2.04. The molecule has 0 radical (unpaired) electrons. The molecule has 0 heterocycles. The average Bonchev–Trinajstić information content (AvgIpc) is 2.69. The van der Waals surface area contributed by atoms with E-state index >= 15 is 0 Å². The highest BCUT2D eigenvalue weighted by molar-refractivity contribution is 5.33. The summed E-state index contributed by atoms with van der Waals surface area (Å²) in [4.78, 5) is 0. The zero-order valence-corrected chi connectivity index (χ0v) is 18.2. The topological polar surface area (TPSA) is 9.23 Å². The van der Waals surface area contributed by atoms with E-state index in [0.717, 1.165) is 24.7 Å². The van der Waals surface area contributed by atoms with Gasteiger partial charge in [-0.25, -0.2) is 0 Å². The quantitative estimate of drug-likeness (QED) is 0.185. The van der Waals surface area contributed by atoms with Crippen molar-refractivity contribution in [2.24, 2.45) is 5.92 Å². The first-order valence-corrected chi connectivity index (χ1v) is 11.6. The van der Waals surface area contributed by atoms with Gasteiger partial charge in [0.25, 0.3) is 0 Å². The molecule has 0 spiro atoms. The third kappa shape index (κ3) is 12.7. The Morgan fingerprint density at radius 1 is 0.889 bits per heavy atom. The molecule has 1 atom stereocenters. The Hall–Kier alpha value is -1.24. The van der Waals surface area contributed by atoms with Crippen molar-refractivity contribution in [3.05, 3.63) is 42.5 Å². The van der Waals surface area contributed by atoms with Crippen molar-refractivity contribution in [1.29, 1.82) is 0 Å². The summed E-state index contributed by atoms with van der Waals surface area (Å²) in [5.41, 5.74) is 1.39. The minimum Gasteiger partial charge on any atom is -0.493 e. The van der Waals surface area contributed by atoms with E-state index in [2.05, 4.69) is 44.7 Å². The fraction of sp³-hybridized carbons (Fsp3) is 0.692. The zero-order chi connectivity index (χ0) is 19.6. The van der Waals surface area contributed by atoms with Gasteiger partial charge >= 0.3 is 0 Å². The fourth-order valence-corrected chi connectivity index (χ4v) is 3.50. The van der Waals surface area contributed by atoms with Crippen LogP contribution in [-0.2, 0) is 6.42 Å². The number of unbranched alkanes of at least 4 members (excludes halogenated alkanes) is 9. The number of aryl methyl sites for hydroxylation is 1. The summed E-state index contributed by atoms with van der Waals surface area (Å²) in [5.74, 6) is 2.00. The third-order valence-electron chi connectivity index (χ3n) is 5.62. The van der Waals surface area contributed by atoms with Crippen LogP contribution in [0.25, 0.3) is 0 Å². The summed E-state index contributed by atoms with van der Waals surface area (Å²) in [6, 6.07) is 8.64. The Balaban J connectivity index is 2.10. The molecule has 0 N–H and O–H groups in total. The highest BCUT2D eigenvalue weighted by atomic mass is 16.5. The Labute approximate surface area is 169 Å². The summed E-state index contributed by atoms with van der Waals surface area (Å²) in [7, 11) is 0. The molecule has 1 unspecified atom stereocenters. The van der Waals surface area contributed by atoms with Gasteiger partial charge in [-0.05, 0) is 49.7 Å². The lowest BCUT2D eigenvalue weighted by Crippen LogP contribution is -2.00. The van der Waals surface area contributed by atoms with Crippen LogP contribution in [0.3, 0.4) is 0 Å². The molecule has 0 saturated heterocycles. The number of hydrogen-bond donors (Lipinski definition) is 0. The van der Waals surface area contributed by atoms with Crippen molar-refractivity contribution >= 4 is 0 Å². The number of para-hydroxylation sites is 1. The largest absolute Gasteiger partial charge is 0.493 e. The molecular weight excluding hydrogens is 328 g/mol. The molecule has 154 valence electrons. The Morgan fingerprint density at radius 2 is 1.56 bits per heavy atom. The van der Waals surface area contributed by atoms with Crippen LogP contribution in [0.5, 0.6) is 5.75 Å². The molecule has 0 bridgehead atoms. The van der Waals surface area contributed by atoms with E-state index in [-0.39, 0.29) is 0 Å². The zero-order valence-electron chi connectivity index (χ0n) is 18.2. The maximum Gasteiger partial charge on any atom is 0.122 e. The maximum absolute atomic E-state index is 6.10. The second-order valence-corrected chi connectivity index (χ2v) is 8.12. The monoisotopic (exact) mass is 372 g/mol. The molecule has 27 heavy (non-hydrogen) atoms. The molecule has 1 heteroatoms. The van der Waals surface area contributed by atoms with Crippen molar-refractivity contribution in [2.75, 3.05) is 6.61 Å². The van der Waals surface area contributed by atoms with Crippen molar-refractivity contribution < 1.29 is 4.74 Å². The summed E-state index contributed by atoms with van der Waals surface area (Å²) in [6.07, 6.45) is 20.2. The van der Waals surface area contributed by atoms with E-state index in [4.69, 9.17) is 4.74 Å². The van der Waals surface area contributed by atoms with Gasteiger partial charge in [0, 0.05) is 0 Å². The van der Waals surface area contributed by atoms with Crippen LogP contribution >= 0.6 is 0 Å². The Kier molecular flexibility index (Phi) is 14.9. The fourth-order valence-electron chi connectivity index (χ4n) is 3.50. The number of benzene rings is 1. The van der Waals surface area contributed by atoms with Gasteiger partial charge < -0.3 is 4.74 Å². The maximum atomic E-state index is 6.10. The Bertz CT molecular complexity index is 465. The molecule has 0 aliphatic heterocycles. The Morgan fingerprint density at radius 3 is 2.30 bits per heavy atom. The van der Waals surface area contributed by atoms with Gasteiger partial charge in [-0.2, -0.15) is 0 Å². The van der Waals surface area contributed by atoms with Crippen LogP contribution in [0, 0.1) is 5.92 Å². The van der Waals surface area contributed by atoms with Gasteiger partial charge in [0.15, 0.2) is 0 Å². The molecule has 1 aromatic carbocycles. The molecule has 1 aromatic rings. The molecule has 1 nitrogen and oxygen atoms in total. The predicted molar refractivity (Wildman–Crippen MR) is 121 cm³/mol. The van der Waals surface area contributed by atoms with E-state index in [1.54, 1.807) is 0 Å². The summed E-state index contributed by atoms with van der Waals surface area (Å²) in [6.45, 7) is 9.30. The van der Waals surface area contributed by atoms with Gasteiger partial charge in [-0.1, -0.05) is 95.9 Å². The molecule has 0 fully saturated rings. The van der Waals surface area contributed by atoms with Crippen LogP contribution in [0.2, 0.25) is 0 Å². The van der Waals surface area contributed by atoms with Crippen LogP contribution < -0.4 is 4.74 Å². The van der Waals surface area contributed by atoms with E-state index in [9.17, 15) is 0 Å². The number of hydrogen-bond acceptors (Lipinski definition) is 1. The van der Waals surface area contributed by atoms with Gasteiger partial charge in [0.2, 0.25) is 0 Å². The lowest BCUT2D eigenvalue weighted by atomic mass is 9.99. The van der Waals surface area contributed by atoms with Crippen LogP contribution in [-0.4, -0.2) is 6.61 Å². The van der Waals surface area contributed by atoms with Crippen LogP contribution in [0.1, 0.15) is 103 Å². The first-order valence-electron chi connectivity index (χ1n) is 11.6. The third-order valence-corrected chi connectivity index (χ3v) is 5.62. The second-order valence-electron chi connectivity index (χ2n) is 8.12. The van der Waals surface area contributed by atoms with Crippen molar-refractivity contribution in [3.8, 4) is 5.75 Å². The SMILES string of the molecule is C=CCCCCCCCCCOc1ccccc1CCCCCC(C)CC. The average molecular weight is 373 g/mol.